The number of ether oxygens (including phenoxy) is 1. The summed E-state index contributed by atoms with van der Waals surface area (Å²) < 4.78 is 5.64. The third-order valence-corrected chi connectivity index (χ3v) is 3.00. The van der Waals surface area contributed by atoms with E-state index in [2.05, 4.69) is 6.92 Å². The number of aliphatic carboxylic acids is 1. The Kier molecular flexibility index (Phi) is 4.57. The van der Waals surface area contributed by atoms with Crippen molar-refractivity contribution in [3.63, 3.8) is 0 Å². The Balaban J connectivity index is 0.000000195. The van der Waals surface area contributed by atoms with E-state index in [0.717, 1.165) is 12.0 Å². The average molecular weight is 211 g/mol. The average Bonchev–Trinajstić information content (AvgIpc) is 2.18. The van der Waals surface area contributed by atoms with Crippen molar-refractivity contribution in [3.8, 4) is 6.07 Å². The molecule has 1 N–H and O–H groups in total. The van der Waals surface area contributed by atoms with Crippen LogP contribution in [0.25, 0.3) is 0 Å². The quantitative estimate of drug-likeness (QED) is 0.559. The van der Waals surface area contributed by atoms with Gasteiger partial charge in [0.1, 0.15) is 0 Å². The smallest absolute Gasteiger partial charge is 0.408 e. The molecule has 0 aromatic rings. The lowest BCUT2D eigenvalue weighted by molar-refractivity contribution is -0.186. The normalized spacial score (nSPS) is 31.6. The molecule has 1 saturated carbocycles. The van der Waals surface area contributed by atoms with E-state index in [-0.39, 0.29) is 0 Å². The van der Waals surface area contributed by atoms with Crippen LogP contribution in [0.3, 0.4) is 0 Å². The zero-order valence-electron chi connectivity index (χ0n) is 8.98. The SMILES string of the molecule is CCCC1CCC2CC1O2.N#CC(=O)O. The van der Waals surface area contributed by atoms with Crippen molar-refractivity contribution < 1.29 is 14.6 Å². The van der Waals surface area contributed by atoms with Gasteiger partial charge in [-0.05, 0) is 25.2 Å². The van der Waals surface area contributed by atoms with Crippen LogP contribution in [-0.2, 0) is 9.53 Å². The number of rotatable bonds is 2. The second-order valence-electron chi connectivity index (χ2n) is 4.08. The van der Waals surface area contributed by atoms with E-state index >= 15 is 0 Å². The lowest BCUT2D eigenvalue weighted by Gasteiger charge is -2.46. The van der Waals surface area contributed by atoms with E-state index in [9.17, 15) is 0 Å². The first-order chi connectivity index (χ1) is 7.17. The number of fused-ring (bicyclic) bond motifs is 2. The molecule has 15 heavy (non-hydrogen) atoms. The highest BCUT2D eigenvalue weighted by Gasteiger charge is 2.40. The van der Waals surface area contributed by atoms with Gasteiger partial charge in [0.05, 0.1) is 12.2 Å². The van der Waals surface area contributed by atoms with Crippen molar-refractivity contribution in [2.45, 2.75) is 51.2 Å². The molecule has 0 aromatic heterocycles. The molecule has 0 amide bonds. The maximum atomic E-state index is 9.01. The predicted molar refractivity (Wildman–Crippen MR) is 54.2 cm³/mol. The minimum atomic E-state index is -1.44. The van der Waals surface area contributed by atoms with Gasteiger partial charge in [-0.25, -0.2) is 4.79 Å². The van der Waals surface area contributed by atoms with E-state index < -0.39 is 5.97 Å². The summed E-state index contributed by atoms with van der Waals surface area (Å²) in [5.41, 5.74) is 0. The first-order valence-electron chi connectivity index (χ1n) is 5.45. The molecule has 2 aliphatic heterocycles. The van der Waals surface area contributed by atoms with Crippen LogP contribution in [0.15, 0.2) is 0 Å². The molecule has 84 valence electrons. The molecule has 1 aliphatic carbocycles. The molecule has 0 radical (unpaired) electrons. The molecule has 2 saturated heterocycles. The molecule has 0 spiro atoms. The van der Waals surface area contributed by atoms with Crippen molar-refractivity contribution in [2.24, 2.45) is 5.92 Å². The van der Waals surface area contributed by atoms with Crippen LogP contribution >= 0.6 is 0 Å². The first-order valence-corrected chi connectivity index (χ1v) is 5.45. The molecule has 3 atom stereocenters. The predicted octanol–water partition coefficient (Wildman–Crippen LogP) is 1.95. The molecular weight excluding hydrogens is 194 g/mol. The second kappa shape index (κ2) is 5.72. The first kappa shape index (κ1) is 12.0. The van der Waals surface area contributed by atoms with Gasteiger partial charge in [0.2, 0.25) is 0 Å². The molecule has 2 heterocycles. The Morgan fingerprint density at radius 1 is 1.60 bits per heavy atom. The molecule has 4 heteroatoms. The number of hydrogen-bond donors (Lipinski definition) is 1. The van der Waals surface area contributed by atoms with Gasteiger partial charge in [-0.15, -0.1) is 0 Å². The second-order valence-corrected chi connectivity index (χ2v) is 4.08. The number of carboxylic acid groups (broad SMARTS) is 1. The fourth-order valence-electron chi connectivity index (χ4n) is 2.27. The standard InChI is InChI=1S/C9H16O.C2HNO2/c1-2-3-7-4-5-8-6-9(7)10-8;3-1-2(4)5/h7-9H,2-6H2,1H3;(H,4,5). The zero-order valence-corrected chi connectivity index (χ0v) is 8.98. The molecule has 3 unspecified atom stereocenters. The number of nitrogens with zero attached hydrogens (tertiary/aromatic N) is 1. The fourth-order valence-corrected chi connectivity index (χ4v) is 2.27. The molecule has 2 bridgehead atoms. The molecule has 3 aliphatic rings. The van der Waals surface area contributed by atoms with Gasteiger partial charge in [-0.2, -0.15) is 5.26 Å². The van der Waals surface area contributed by atoms with Gasteiger partial charge < -0.3 is 9.84 Å². The fraction of sp³-hybridized carbons (Fsp3) is 0.818. The largest absolute Gasteiger partial charge is 0.470 e. The third kappa shape index (κ3) is 3.52. The van der Waals surface area contributed by atoms with E-state index in [4.69, 9.17) is 19.9 Å². The van der Waals surface area contributed by atoms with E-state index in [0.29, 0.717) is 12.2 Å². The van der Waals surface area contributed by atoms with E-state index in [1.165, 1.54) is 32.1 Å². The van der Waals surface area contributed by atoms with Gasteiger partial charge in [0, 0.05) is 6.42 Å². The summed E-state index contributed by atoms with van der Waals surface area (Å²) in [7, 11) is 0. The number of carboxylic acids is 1. The molecule has 3 fully saturated rings. The van der Waals surface area contributed by atoms with Crippen LogP contribution in [0, 0.1) is 17.2 Å². The number of carbonyl (C=O) groups is 1. The van der Waals surface area contributed by atoms with Crippen LogP contribution < -0.4 is 0 Å². The van der Waals surface area contributed by atoms with Crippen molar-refractivity contribution >= 4 is 5.97 Å². The van der Waals surface area contributed by atoms with Crippen molar-refractivity contribution in [1.82, 2.24) is 0 Å². The third-order valence-electron chi connectivity index (χ3n) is 3.00. The van der Waals surface area contributed by atoms with Crippen LogP contribution in [0.2, 0.25) is 0 Å². The molecule has 4 nitrogen and oxygen atoms in total. The Bertz CT molecular complexity index is 248. The highest BCUT2D eigenvalue weighted by Crippen LogP contribution is 2.40. The maximum absolute atomic E-state index is 9.01. The van der Waals surface area contributed by atoms with Crippen LogP contribution in [0.1, 0.15) is 39.0 Å². The highest BCUT2D eigenvalue weighted by molar-refractivity contribution is 5.83. The van der Waals surface area contributed by atoms with Gasteiger partial charge >= 0.3 is 5.97 Å². The Morgan fingerprint density at radius 2 is 2.20 bits per heavy atom. The maximum Gasteiger partial charge on any atom is 0.408 e. The van der Waals surface area contributed by atoms with Gasteiger partial charge in [0.15, 0.2) is 6.07 Å². The minimum absolute atomic E-state index is 0.665. The van der Waals surface area contributed by atoms with E-state index in [1.54, 1.807) is 0 Å². The van der Waals surface area contributed by atoms with Gasteiger partial charge in [0.25, 0.3) is 0 Å². The number of nitriles is 1. The molecular formula is C11H17NO3. The van der Waals surface area contributed by atoms with Gasteiger partial charge in [-0.1, -0.05) is 13.3 Å². The lowest BCUT2D eigenvalue weighted by Crippen LogP contribution is -2.47. The Hall–Kier alpha value is -1.08. The van der Waals surface area contributed by atoms with Crippen LogP contribution in [0.5, 0.6) is 0 Å². The lowest BCUT2D eigenvalue weighted by atomic mass is 9.78. The summed E-state index contributed by atoms with van der Waals surface area (Å²) in [4.78, 5) is 9.01. The van der Waals surface area contributed by atoms with Crippen LogP contribution in [-0.4, -0.2) is 23.3 Å². The summed E-state index contributed by atoms with van der Waals surface area (Å²) in [6.07, 6.45) is 8.18. The summed E-state index contributed by atoms with van der Waals surface area (Å²) >= 11 is 0. The molecule has 3 rings (SSSR count). The van der Waals surface area contributed by atoms with Gasteiger partial charge in [-0.3, -0.25) is 0 Å². The van der Waals surface area contributed by atoms with Crippen molar-refractivity contribution in [2.75, 3.05) is 0 Å². The Morgan fingerprint density at radius 3 is 2.53 bits per heavy atom. The summed E-state index contributed by atoms with van der Waals surface area (Å²) in [6.45, 7) is 2.27. The topological polar surface area (TPSA) is 70.3 Å². The monoisotopic (exact) mass is 211 g/mol. The summed E-state index contributed by atoms with van der Waals surface area (Å²) in [6, 6.07) is 0.944. The van der Waals surface area contributed by atoms with Crippen molar-refractivity contribution in [3.05, 3.63) is 0 Å². The zero-order chi connectivity index (χ0) is 11.3. The van der Waals surface area contributed by atoms with Crippen molar-refractivity contribution in [1.29, 1.82) is 5.26 Å². The van der Waals surface area contributed by atoms with Crippen LogP contribution in [0.4, 0.5) is 0 Å². The summed E-state index contributed by atoms with van der Waals surface area (Å²) in [5.74, 6) is -0.528. The summed E-state index contributed by atoms with van der Waals surface area (Å²) in [5, 5.41) is 14.7. The minimum Gasteiger partial charge on any atom is -0.470 e. The van der Waals surface area contributed by atoms with E-state index in [1.807, 2.05) is 0 Å². The molecule has 0 aromatic carbocycles. The Labute approximate surface area is 89.8 Å². The number of hydrogen-bond acceptors (Lipinski definition) is 3. The highest BCUT2D eigenvalue weighted by atomic mass is 16.5.